The largest absolute Gasteiger partial charge is 0.493 e. The normalized spacial score (nSPS) is 17.0. The summed E-state index contributed by atoms with van der Waals surface area (Å²) in [6.45, 7) is 2.09. The number of hydrogen-bond donors (Lipinski definition) is 2. The zero-order valence-corrected chi connectivity index (χ0v) is 18.9. The molecule has 0 aliphatic carbocycles. The number of carbonyl (C=O) groups excluding carboxylic acids is 1. The van der Waals surface area contributed by atoms with Crippen LogP contribution in [-0.2, 0) is 4.79 Å². The Kier molecular flexibility index (Phi) is 7.01. The molecule has 0 aromatic heterocycles. The Morgan fingerprint density at radius 3 is 2.90 bits per heavy atom. The van der Waals surface area contributed by atoms with Crippen molar-refractivity contribution in [3.8, 4) is 23.8 Å². The van der Waals surface area contributed by atoms with Gasteiger partial charge in [-0.15, -0.1) is 6.42 Å². The first-order valence-electron chi connectivity index (χ1n) is 8.57. The minimum atomic E-state index is -0.280. The van der Waals surface area contributed by atoms with Crippen molar-refractivity contribution in [2.75, 3.05) is 19.0 Å². The zero-order valence-electron chi connectivity index (χ0n) is 15.7. The second-order valence-electron chi connectivity index (χ2n) is 6.11. The van der Waals surface area contributed by atoms with Crippen molar-refractivity contribution in [3.05, 3.63) is 55.9 Å². The van der Waals surface area contributed by atoms with Crippen molar-refractivity contribution in [1.82, 2.24) is 5.32 Å². The molecule has 29 heavy (non-hydrogen) atoms. The number of terminal acetylenes is 1. The van der Waals surface area contributed by atoms with Gasteiger partial charge in [0.25, 0.3) is 5.91 Å². The van der Waals surface area contributed by atoms with Gasteiger partial charge < -0.3 is 20.1 Å². The number of rotatable bonds is 6. The summed E-state index contributed by atoms with van der Waals surface area (Å²) in [5.41, 5.74) is 2.42. The van der Waals surface area contributed by atoms with E-state index in [9.17, 15) is 4.79 Å². The van der Waals surface area contributed by atoms with Gasteiger partial charge in [0.1, 0.15) is 6.61 Å². The molecule has 2 aromatic rings. The van der Waals surface area contributed by atoms with Gasteiger partial charge in [-0.25, -0.2) is 0 Å². The summed E-state index contributed by atoms with van der Waals surface area (Å²) in [4.78, 5) is 13.0. The van der Waals surface area contributed by atoms with Crippen molar-refractivity contribution in [2.45, 2.75) is 12.4 Å². The summed E-state index contributed by atoms with van der Waals surface area (Å²) in [7, 11) is 1.55. The van der Waals surface area contributed by atoms with Gasteiger partial charge in [0, 0.05) is 10.7 Å². The number of halogens is 2. The Labute approximate surface area is 187 Å². The molecule has 1 heterocycles. The Bertz CT molecular complexity index is 1020. The highest BCUT2D eigenvalue weighted by molar-refractivity contribution is 9.10. The molecule has 1 aliphatic rings. The fraction of sp³-hybridized carbons (Fsp3) is 0.190. The van der Waals surface area contributed by atoms with E-state index in [2.05, 4.69) is 32.5 Å². The average molecular weight is 494 g/mol. The maximum absolute atomic E-state index is 12.4. The summed E-state index contributed by atoms with van der Waals surface area (Å²) < 4.78 is 11.6. The fourth-order valence-electron chi connectivity index (χ4n) is 2.72. The van der Waals surface area contributed by atoms with Crippen molar-refractivity contribution >= 4 is 57.0 Å². The lowest BCUT2D eigenvalue weighted by Crippen LogP contribution is -2.31. The lowest BCUT2D eigenvalue weighted by atomic mass is 10.2. The maximum atomic E-state index is 12.4. The molecule has 8 heteroatoms. The second-order valence-corrected chi connectivity index (χ2v) is 8.55. The van der Waals surface area contributed by atoms with Gasteiger partial charge >= 0.3 is 0 Å². The SMILES string of the molecule is C#CCOc1c(Br)cc(/C=C2\SC(Nc3ccc(Cl)cc3C)NC2=O)cc1OC. The van der Waals surface area contributed by atoms with Gasteiger partial charge in [0.15, 0.2) is 17.0 Å². The van der Waals surface area contributed by atoms with Crippen molar-refractivity contribution in [1.29, 1.82) is 0 Å². The van der Waals surface area contributed by atoms with E-state index in [-0.39, 0.29) is 18.0 Å². The smallest absolute Gasteiger partial charge is 0.260 e. The van der Waals surface area contributed by atoms with Crippen LogP contribution in [0.5, 0.6) is 11.5 Å². The number of thioether (sulfide) groups is 1. The molecule has 2 aromatic carbocycles. The molecule has 1 fully saturated rings. The molecule has 0 saturated carbocycles. The first-order valence-corrected chi connectivity index (χ1v) is 10.6. The van der Waals surface area contributed by atoms with Gasteiger partial charge in [-0.1, -0.05) is 29.3 Å². The Hall–Kier alpha value is -2.27. The minimum absolute atomic E-state index is 0.130. The molecule has 5 nitrogen and oxygen atoms in total. The molecule has 1 unspecified atom stereocenters. The van der Waals surface area contributed by atoms with Gasteiger partial charge in [-0.3, -0.25) is 4.79 Å². The van der Waals surface area contributed by atoms with Gasteiger partial charge in [0.05, 0.1) is 16.5 Å². The Balaban J connectivity index is 1.79. The van der Waals surface area contributed by atoms with Crippen LogP contribution in [0.2, 0.25) is 5.02 Å². The second kappa shape index (κ2) is 9.49. The molecule has 1 atom stereocenters. The molecule has 150 valence electrons. The third-order valence-corrected chi connectivity index (χ3v) is 5.91. The first kappa shape index (κ1) is 21.4. The molecule has 3 rings (SSSR count). The van der Waals surface area contributed by atoms with Crippen LogP contribution >= 0.6 is 39.3 Å². The molecule has 1 saturated heterocycles. The minimum Gasteiger partial charge on any atom is -0.493 e. The van der Waals surface area contributed by atoms with E-state index in [1.54, 1.807) is 19.3 Å². The quantitative estimate of drug-likeness (QED) is 0.436. The monoisotopic (exact) mass is 492 g/mol. The molecule has 0 radical (unpaired) electrons. The molecular formula is C21H18BrClN2O3S. The lowest BCUT2D eigenvalue weighted by Gasteiger charge is -2.15. The number of aryl methyl sites for hydroxylation is 1. The van der Waals surface area contributed by atoms with Crippen molar-refractivity contribution in [2.24, 2.45) is 0 Å². The van der Waals surface area contributed by atoms with Crippen molar-refractivity contribution in [3.63, 3.8) is 0 Å². The summed E-state index contributed by atoms with van der Waals surface area (Å²) in [5.74, 6) is 3.32. The van der Waals surface area contributed by atoms with E-state index in [1.165, 1.54) is 11.8 Å². The number of benzene rings is 2. The van der Waals surface area contributed by atoms with Gasteiger partial charge in [-0.05, 0) is 70.4 Å². The first-order chi connectivity index (χ1) is 13.9. The molecule has 1 aliphatic heterocycles. The Morgan fingerprint density at radius 1 is 1.41 bits per heavy atom. The standard InChI is InChI=1S/C21H18BrClN2O3S/c1-4-7-28-19-15(22)9-13(10-17(19)27-3)11-18-20(26)25-21(29-18)24-16-6-5-14(23)8-12(16)2/h1,5-6,8-11,21,24H,7H2,2-3H3,(H,25,26)/b18-11-. The van der Waals surface area contributed by atoms with E-state index >= 15 is 0 Å². The van der Waals surface area contributed by atoms with Gasteiger partial charge in [0.2, 0.25) is 0 Å². The highest BCUT2D eigenvalue weighted by Gasteiger charge is 2.27. The van der Waals surface area contributed by atoms with Crippen molar-refractivity contribution < 1.29 is 14.3 Å². The van der Waals surface area contributed by atoms with E-state index in [0.717, 1.165) is 16.8 Å². The third kappa shape index (κ3) is 5.21. The van der Waals surface area contributed by atoms with Crippen LogP contribution in [0.15, 0.2) is 39.7 Å². The number of nitrogens with one attached hydrogen (secondary N) is 2. The molecule has 0 spiro atoms. The van der Waals surface area contributed by atoms with E-state index in [1.807, 2.05) is 31.2 Å². The number of ether oxygens (including phenoxy) is 2. The van der Waals surface area contributed by atoms with Crippen LogP contribution in [0.3, 0.4) is 0 Å². The number of carbonyl (C=O) groups is 1. The average Bonchev–Trinajstić information content (AvgIpc) is 3.01. The van der Waals surface area contributed by atoms with Crippen LogP contribution in [0, 0.1) is 19.3 Å². The number of methoxy groups -OCH3 is 1. The van der Waals surface area contributed by atoms with Crippen LogP contribution in [-0.4, -0.2) is 25.1 Å². The third-order valence-electron chi connectivity index (χ3n) is 4.06. The zero-order chi connectivity index (χ0) is 21.0. The van der Waals surface area contributed by atoms with Crippen LogP contribution in [0.4, 0.5) is 5.69 Å². The van der Waals surface area contributed by atoms with Crippen LogP contribution < -0.4 is 20.1 Å². The molecular weight excluding hydrogens is 476 g/mol. The number of amides is 1. The highest BCUT2D eigenvalue weighted by atomic mass is 79.9. The molecule has 2 N–H and O–H groups in total. The van der Waals surface area contributed by atoms with E-state index < -0.39 is 0 Å². The lowest BCUT2D eigenvalue weighted by molar-refractivity contribution is -0.116. The number of hydrogen-bond acceptors (Lipinski definition) is 5. The highest BCUT2D eigenvalue weighted by Crippen LogP contribution is 2.38. The van der Waals surface area contributed by atoms with Gasteiger partial charge in [-0.2, -0.15) is 0 Å². The molecule has 1 amide bonds. The Morgan fingerprint density at radius 2 is 2.21 bits per heavy atom. The maximum Gasteiger partial charge on any atom is 0.260 e. The fourth-order valence-corrected chi connectivity index (χ4v) is 4.50. The van der Waals surface area contributed by atoms with E-state index in [4.69, 9.17) is 27.5 Å². The predicted octanol–water partition coefficient (Wildman–Crippen LogP) is 5.03. The topological polar surface area (TPSA) is 59.6 Å². The summed E-state index contributed by atoms with van der Waals surface area (Å²) in [6, 6.07) is 9.21. The number of anilines is 1. The van der Waals surface area contributed by atoms with Crippen LogP contribution in [0.25, 0.3) is 6.08 Å². The predicted molar refractivity (Wildman–Crippen MR) is 122 cm³/mol. The van der Waals surface area contributed by atoms with E-state index in [0.29, 0.717) is 25.9 Å². The summed E-state index contributed by atoms with van der Waals surface area (Å²) >= 11 is 10.9. The van der Waals surface area contributed by atoms with Crippen LogP contribution in [0.1, 0.15) is 11.1 Å². The molecule has 0 bridgehead atoms. The summed E-state index contributed by atoms with van der Waals surface area (Å²) in [5, 5.41) is 6.90. The summed E-state index contributed by atoms with van der Waals surface area (Å²) in [6.07, 6.45) is 7.06.